The third-order valence-electron chi connectivity index (χ3n) is 4.67. The van der Waals surface area contributed by atoms with Crippen LogP contribution in [0, 0.1) is 11.6 Å². The maximum absolute atomic E-state index is 13.9. The topological polar surface area (TPSA) is 113 Å². The van der Waals surface area contributed by atoms with E-state index in [1.54, 1.807) is 17.0 Å². The van der Waals surface area contributed by atoms with Gasteiger partial charge in [-0.15, -0.1) is 0 Å². The van der Waals surface area contributed by atoms with Crippen molar-refractivity contribution in [1.29, 1.82) is 0 Å². The van der Waals surface area contributed by atoms with Crippen molar-refractivity contribution >= 4 is 27.5 Å². The number of amides is 2. The van der Waals surface area contributed by atoms with Crippen LogP contribution in [0.3, 0.4) is 0 Å². The van der Waals surface area contributed by atoms with Crippen molar-refractivity contribution in [1.82, 2.24) is 9.21 Å². The molecule has 8 nitrogen and oxygen atoms in total. The van der Waals surface area contributed by atoms with Crippen LogP contribution in [-0.4, -0.2) is 62.2 Å². The second-order valence-corrected chi connectivity index (χ2v) is 8.60. The number of nitrogens with two attached hydrogens (primary N) is 1. The number of nitrogens with zero attached hydrogens (tertiary/aromatic N) is 2. The van der Waals surface area contributed by atoms with Crippen molar-refractivity contribution in [3.63, 3.8) is 0 Å². The minimum atomic E-state index is -4.32. The van der Waals surface area contributed by atoms with Crippen molar-refractivity contribution in [2.75, 3.05) is 38.0 Å². The lowest BCUT2D eigenvalue weighted by atomic mass is 10.2. The first kappa shape index (κ1) is 21.8. The van der Waals surface area contributed by atoms with E-state index in [1.165, 1.54) is 12.1 Å². The van der Waals surface area contributed by atoms with Crippen LogP contribution in [0.4, 0.5) is 14.5 Å². The normalized spacial score (nSPS) is 15.7. The predicted molar refractivity (Wildman–Crippen MR) is 105 cm³/mol. The summed E-state index contributed by atoms with van der Waals surface area (Å²) >= 11 is 0. The number of halogens is 2. The Morgan fingerprint density at radius 2 is 1.53 bits per heavy atom. The summed E-state index contributed by atoms with van der Waals surface area (Å²) in [6, 6.07) is 8.96. The number of hydrogen-bond donors (Lipinski definition) is 2. The molecule has 3 N–H and O–H groups in total. The molecule has 1 fully saturated rings. The van der Waals surface area contributed by atoms with E-state index in [0.29, 0.717) is 11.3 Å². The molecule has 0 saturated carbocycles. The molecule has 0 aliphatic carbocycles. The Bertz CT molecular complexity index is 1030. The van der Waals surface area contributed by atoms with E-state index in [1.807, 2.05) is 0 Å². The zero-order chi connectivity index (χ0) is 21.9. The van der Waals surface area contributed by atoms with Crippen molar-refractivity contribution in [3.05, 3.63) is 59.7 Å². The molecule has 1 aliphatic heterocycles. The molecule has 1 aliphatic rings. The Kier molecular flexibility index (Phi) is 6.44. The molecule has 2 amide bonds. The highest BCUT2D eigenvalue weighted by atomic mass is 32.2. The van der Waals surface area contributed by atoms with Crippen molar-refractivity contribution in [2.24, 2.45) is 5.73 Å². The summed E-state index contributed by atoms with van der Waals surface area (Å²) < 4.78 is 54.0. The van der Waals surface area contributed by atoms with Gasteiger partial charge >= 0.3 is 0 Å². The van der Waals surface area contributed by atoms with Crippen LogP contribution < -0.4 is 11.1 Å². The number of rotatable bonds is 6. The summed E-state index contributed by atoms with van der Waals surface area (Å²) in [6.45, 7) is 0.458. The number of anilines is 1. The summed E-state index contributed by atoms with van der Waals surface area (Å²) in [5.74, 6) is -3.17. The largest absolute Gasteiger partial charge is 0.366 e. The van der Waals surface area contributed by atoms with E-state index in [0.717, 1.165) is 22.5 Å². The van der Waals surface area contributed by atoms with E-state index in [2.05, 4.69) is 5.32 Å². The molecule has 3 rings (SSSR count). The zero-order valence-corrected chi connectivity index (χ0v) is 16.7. The second kappa shape index (κ2) is 8.86. The molecule has 30 heavy (non-hydrogen) atoms. The second-order valence-electron chi connectivity index (χ2n) is 6.72. The Morgan fingerprint density at radius 3 is 2.07 bits per heavy atom. The number of primary amides is 1. The third-order valence-corrected chi connectivity index (χ3v) is 6.62. The van der Waals surface area contributed by atoms with Crippen molar-refractivity contribution < 1.29 is 26.8 Å². The number of piperazine rings is 1. The summed E-state index contributed by atoms with van der Waals surface area (Å²) in [6.07, 6.45) is 0. The monoisotopic (exact) mass is 438 g/mol. The van der Waals surface area contributed by atoms with Crippen LogP contribution >= 0.6 is 0 Å². The summed E-state index contributed by atoms with van der Waals surface area (Å²) in [7, 11) is -4.32. The average molecular weight is 438 g/mol. The van der Waals surface area contributed by atoms with Crippen LogP contribution in [-0.2, 0) is 14.8 Å². The molecular weight excluding hydrogens is 418 g/mol. The first-order chi connectivity index (χ1) is 14.2. The minimum absolute atomic E-state index is 0.00328. The number of benzene rings is 2. The third kappa shape index (κ3) is 4.81. The Labute approximate surface area is 172 Å². The van der Waals surface area contributed by atoms with Crippen molar-refractivity contribution in [2.45, 2.75) is 4.90 Å². The van der Waals surface area contributed by atoms with Gasteiger partial charge in [0.1, 0.15) is 11.6 Å². The molecule has 0 unspecified atom stereocenters. The van der Waals surface area contributed by atoms with E-state index in [9.17, 15) is 26.8 Å². The fraction of sp³-hybridized carbons (Fsp3) is 0.263. The molecule has 11 heteroatoms. The number of hydrogen-bond acceptors (Lipinski definition) is 5. The fourth-order valence-electron chi connectivity index (χ4n) is 3.11. The maximum atomic E-state index is 13.9. The average Bonchev–Trinajstić information content (AvgIpc) is 2.68. The van der Waals surface area contributed by atoms with Crippen LogP contribution in [0.15, 0.2) is 47.4 Å². The van der Waals surface area contributed by atoms with Crippen molar-refractivity contribution in [3.8, 4) is 0 Å². The van der Waals surface area contributed by atoms with Gasteiger partial charge in [-0.25, -0.2) is 17.2 Å². The standard InChI is InChI=1S/C19H20F2N4O4S/c20-15-2-1-3-16(21)18(15)30(28,29)25-10-8-24(9-11-25)12-17(26)23-14-6-4-13(5-7-14)19(22)27/h1-7H,8-12H2,(H2,22,27)(H,23,26). The molecular formula is C19H20F2N4O4S. The highest BCUT2D eigenvalue weighted by Crippen LogP contribution is 2.23. The van der Waals surface area contributed by atoms with Crippen LogP contribution in [0.1, 0.15) is 10.4 Å². The zero-order valence-electron chi connectivity index (χ0n) is 15.8. The van der Waals surface area contributed by atoms with Gasteiger partial charge in [-0.2, -0.15) is 4.31 Å². The molecule has 0 bridgehead atoms. The van der Waals surface area contributed by atoms with Gasteiger partial charge in [0.15, 0.2) is 4.90 Å². The van der Waals surface area contributed by atoms with Gasteiger partial charge < -0.3 is 11.1 Å². The number of carbonyl (C=O) groups is 2. The van der Waals surface area contributed by atoms with Gasteiger partial charge in [-0.1, -0.05) is 6.07 Å². The number of carbonyl (C=O) groups excluding carboxylic acids is 2. The number of sulfonamides is 1. The Morgan fingerprint density at radius 1 is 0.967 bits per heavy atom. The minimum Gasteiger partial charge on any atom is -0.366 e. The summed E-state index contributed by atoms with van der Waals surface area (Å²) in [4.78, 5) is 24.0. The summed E-state index contributed by atoms with van der Waals surface area (Å²) in [5.41, 5.74) is 5.97. The van der Waals surface area contributed by atoms with Gasteiger partial charge in [0, 0.05) is 37.4 Å². The van der Waals surface area contributed by atoms with Gasteiger partial charge in [0.2, 0.25) is 21.8 Å². The molecule has 2 aromatic carbocycles. The van der Waals surface area contributed by atoms with Gasteiger partial charge in [0.25, 0.3) is 0 Å². The predicted octanol–water partition coefficient (Wildman–Crippen LogP) is 1.01. The van der Waals surface area contributed by atoms with Crippen LogP contribution in [0.2, 0.25) is 0 Å². The quantitative estimate of drug-likeness (QED) is 0.699. The van der Waals surface area contributed by atoms with Gasteiger partial charge in [0.05, 0.1) is 6.54 Å². The lowest BCUT2D eigenvalue weighted by molar-refractivity contribution is -0.117. The van der Waals surface area contributed by atoms with E-state index < -0.39 is 32.5 Å². The van der Waals surface area contributed by atoms with Gasteiger partial charge in [-0.3, -0.25) is 14.5 Å². The molecule has 160 valence electrons. The Hall–Kier alpha value is -2.89. The van der Waals surface area contributed by atoms with E-state index >= 15 is 0 Å². The lowest BCUT2D eigenvalue weighted by Gasteiger charge is -2.33. The molecule has 0 radical (unpaired) electrons. The Balaban J connectivity index is 1.56. The van der Waals surface area contributed by atoms with Crippen LogP contribution in [0.5, 0.6) is 0 Å². The van der Waals surface area contributed by atoms with E-state index in [-0.39, 0.29) is 38.6 Å². The lowest BCUT2D eigenvalue weighted by Crippen LogP contribution is -2.50. The maximum Gasteiger partial charge on any atom is 0.249 e. The SMILES string of the molecule is NC(=O)c1ccc(NC(=O)CN2CCN(S(=O)(=O)c3c(F)cccc3F)CC2)cc1. The molecule has 0 atom stereocenters. The first-order valence-corrected chi connectivity index (χ1v) is 10.5. The van der Waals surface area contributed by atoms with E-state index in [4.69, 9.17) is 5.73 Å². The highest BCUT2D eigenvalue weighted by Gasteiger charge is 2.33. The van der Waals surface area contributed by atoms with Crippen LogP contribution in [0.25, 0.3) is 0 Å². The summed E-state index contributed by atoms with van der Waals surface area (Å²) in [5, 5.41) is 2.67. The molecule has 0 spiro atoms. The first-order valence-electron chi connectivity index (χ1n) is 9.04. The smallest absolute Gasteiger partial charge is 0.249 e. The molecule has 0 aromatic heterocycles. The molecule has 2 aromatic rings. The fourth-order valence-corrected chi connectivity index (χ4v) is 4.64. The number of nitrogens with one attached hydrogen (secondary N) is 1. The molecule has 1 heterocycles. The molecule has 1 saturated heterocycles. The highest BCUT2D eigenvalue weighted by molar-refractivity contribution is 7.89. The van der Waals surface area contributed by atoms with Gasteiger partial charge in [-0.05, 0) is 36.4 Å².